The first kappa shape index (κ1) is 13.6. The van der Waals surface area contributed by atoms with Gasteiger partial charge in [-0.3, -0.25) is 0 Å². The molecule has 0 aliphatic carbocycles. The molecule has 18 heavy (non-hydrogen) atoms. The van der Waals surface area contributed by atoms with E-state index in [0.29, 0.717) is 11.3 Å². The van der Waals surface area contributed by atoms with Gasteiger partial charge in [0.1, 0.15) is 0 Å². The van der Waals surface area contributed by atoms with E-state index in [9.17, 15) is 8.42 Å². The Morgan fingerprint density at radius 3 is 2.50 bits per heavy atom. The van der Waals surface area contributed by atoms with Crippen LogP contribution in [0.15, 0.2) is 17.0 Å². The number of hydrogen-bond acceptors (Lipinski definition) is 3. The zero-order chi connectivity index (χ0) is 13.5. The first-order valence-corrected chi connectivity index (χ1v) is 8.01. The Balaban J connectivity index is 2.65. The van der Waals surface area contributed by atoms with Crippen molar-refractivity contribution in [2.45, 2.75) is 50.3 Å². The van der Waals surface area contributed by atoms with Crippen molar-refractivity contribution < 1.29 is 8.42 Å². The monoisotopic (exact) mass is 267 g/mol. The molecule has 1 aromatic carbocycles. The van der Waals surface area contributed by atoms with Crippen molar-refractivity contribution in [3.63, 3.8) is 0 Å². The summed E-state index contributed by atoms with van der Waals surface area (Å²) in [6.45, 7) is 8.70. The van der Waals surface area contributed by atoms with Gasteiger partial charge in [-0.25, -0.2) is 8.42 Å². The van der Waals surface area contributed by atoms with E-state index in [4.69, 9.17) is 0 Å². The van der Waals surface area contributed by atoms with Gasteiger partial charge in [0.25, 0.3) is 0 Å². The predicted molar refractivity (Wildman–Crippen MR) is 73.6 cm³/mol. The van der Waals surface area contributed by atoms with E-state index < -0.39 is 9.84 Å². The van der Waals surface area contributed by atoms with E-state index in [1.807, 2.05) is 26.0 Å². The van der Waals surface area contributed by atoms with E-state index in [1.165, 1.54) is 0 Å². The molecule has 0 bridgehead atoms. The van der Waals surface area contributed by atoms with Crippen LogP contribution in [0.1, 0.15) is 43.0 Å². The third-order valence-corrected chi connectivity index (χ3v) is 6.07. The van der Waals surface area contributed by atoms with Crippen molar-refractivity contribution in [1.29, 1.82) is 0 Å². The van der Waals surface area contributed by atoms with Crippen LogP contribution in [-0.2, 0) is 9.84 Å². The van der Waals surface area contributed by atoms with Crippen LogP contribution in [0.25, 0.3) is 0 Å². The average Bonchev–Trinajstić information content (AvgIpc) is 2.29. The minimum absolute atomic E-state index is 0.155. The fraction of sp³-hybridized carbons (Fsp3) is 0.571. The molecule has 3 nitrogen and oxygen atoms in total. The molecule has 100 valence electrons. The standard InChI is InChI=1S/C14H21NO2S/c1-5-15-13-8-11(4)18(16,17)14-7-10(3)9(2)6-12(13)14/h6-7,11,13,15H,5,8H2,1-4H3. The van der Waals surface area contributed by atoms with Crippen LogP contribution in [0.4, 0.5) is 0 Å². The lowest BCUT2D eigenvalue weighted by Gasteiger charge is -2.31. The number of fused-ring (bicyclic) bond motifs is 1. The molecule has 4 heteroatoms. The Morgan fingerprint density at radius 2 is 1.89 bits per heavy atom. The number of nitrogens with one attached hydrogen (secondary N) is 1. The molecule has 0 saturated heterocycles. The summed E-state index contributed by atoms with van der Waals surface area (Å²) in [6, 6.07) is 4.02. The maximum absolute atomic E-state index is 12.4. The van der Waals surface area contributed by atoms with E-state index >= 15 is 0 Å². The molecule has 1 aliphatic rings. The van der Waals surface area contributed by atoms with Gasteiger partial charge in [0.15, 0.2) is 9.84 Å². The fourth-order valence-electron chi connectivity index (χ4n) is 2.57. The lowest BCUT2D eigenvalue weighted by molar-refractivity contribution is 0.473. The fourth-order valence-corrected chi connectivity index (χ4v) is 4.32. The zero-order valence-electron chi connectivity index (χ0n) is 11.4. The quantitative estimate of drug-likeness (QED) is 0.895. The molecule has 0 spiro atoms. The Hall–Kier alpha value is -0.870. The van der Waals surface area contributed by atoms with Crippen molar-refractivity contribution in [2.75, 3.05) is 6.54 Å². The van der Waals surface area contributed by atoms with Gasteiger partial charge in [0.2, 0.25) is 0 Å². The SMILES string of the molecule is CCNC1CC(C)S(=O)(=O)c2cc(C)c(C)cc21. The van der Waals surface area contributed by atoms with Crippen LogP contribution in [-0.4, -0.2) is 20.2 Å². The summed E-state index contributed by atoms with van der Waals surface area (Å²) in [5, 5.41) is 3.08. The molecule has 0 saturated carbocycles. The van der Waals surface area contributed by atoms with Crippen LogP contribution < -0.4 is 5.32 Å². The topological polar surface area (TPSA) is 46.2 Å². The molecule has 1 heterocycles. The van der Waals surface area contributed by atoms with E-state index in [0.717, 1.165) is 23.2 Å². The lowest BCUT2D eigenvalue weighted by Crippen LogP contribution is -2.34. The van der Waals surface area contributed by atoms with Crippen LogP contribution in [0.2, 0.25) is 0 Å². The largest absolute Gasteiger partial charge is 0.310 e. The summed E-state index contributed by atoms with van der Waals surface area (Å²) in [6.07, 6.45) is 0.658. The predicted octanol–water partition coefficient (Wildman–Crippen LogP) is 2.52. The average molecular weight is 267 g/mol. The van der Waals surface area contributed by atoms with Crippen LogP contribution in [0.5, 0.6) is 0 Å². The molecule has 1 N–H and O–H groups in total. The van der Waals surface area contributed by atoms with Crippen molar-refractivity contribution in [1.82, 2.24) is 5.32 Å². The molecular formula is C14H21NO2S. The number of rotatable bonds is 2. The van der Waals surface area contributed by atoms with E-state index in [2.05, 4.69) is 12.2 Å². The number of sulfone groups is 1. The molecule has 0 radical (unpaired) electrons. The summed E-state index contributed by atoms with van der Waals surface area (Å²) in [7, 11) is -3.15. The highest BCUT2D eigenvalue weighted by molar-refractivity contribution is 7.92. The maximum Gasteiger partial charge on any atom is 0.181 e. The van der Waals surface area contributed by atoms with Gasteiger partial charge in [-0.05, 0) is 56.5 Å². The minimum atomic E-state index is -3.15. The van der Waals surface area contributed by atoms with Crippen molar-refractivity contribution in [3.8, 4) is 0 Å². The summed E-state index contributed by atoms with van der Waals surface area (Å²) < 4.78 is 24.8. The summed E-state index contributed by atoms with van der Waals surface area (Å²) >= 11 is 0. The molecule has 2 rings (SSSR count). The Labute approximate surface area is 110 Å². The van der Waals surface area contributed by atoms with Crippen molar-refractivity contribution in [3.05, 3.63) is 28.8 Å². The highest BCUT2D eigenvalue weighted by Gasteiger charge is 2.36. The number of hydrogen-bond donors (Lipinski definition) is 1. The Morgan fingerprint density at radius 1 is 1.28 bits per heavy atom. The zero-order valence-corrected chi connectivity index (χ0v) is 12.3. The van der Waals surface area contributed by atoms with Gasteiger partial charge in [-0.2, -0.15) is 0 Å². The molecule has 2 unspecified atom stereocenters. The Kier molecular flexibility index (Phi) is 3.52. The molecule has 0 aromatic heterocycles. The maximum atomic E-state index is 12.4. The summed E-state index contributed by atoms with van der Waals surface area (Å²) in [5.74, 6) is 0. The highest BCUT2D eigenvalue weighted by Crippen LogP contribution is 2.37. The molecule has 1 aliphatic heterocycles. The third kappa shape index (κ3) is 2.08. The van der Waals surface area contributed by atoms with Gasteiger partial charge in [-0.1, -0.05) is 13.0 Å². The highest BCUT2D eigenvalue weighted by atomic mass is 32.2. The van der Waals surface area contributed by atoms with Gasteiger partial charge in [0, 0.05) is 6.04 Å². The number of aryl methyl sites for hydroxylation is 2. The van der Waals surface area contributed by atoms with Gasteiger partial charge < -0.3 is 5.32 Å². The smallest absolute Gasteiger partial charge is 0.181 e. The lowest BCUT2D eigenvalue weighted by atomic mass is 9.97. The minimum Gasteiger partial charge on any atom is -0.310 e. The van der Waals surface area contributed by atoms with Crippen LogP contribution in [0.3, 0.4) is 0 Å². The molecule has 0 fully saturated rings. The second-order valence-corrected chi connectivity index (χ2v) is 7.51. The molecule has 2 atom stereocenters. The first-order chi connectivity index (χ1) is 8.37. The Bertz CT molecular complexity index is 563. The number of benzene rings is 1. The van der Waals surface area contributed by atoms with Gasteiger partial charge >= 0.3 is 0 Å². The summed E-state index contributed by atoms with van der Waals surface area (Å²) in [5.41, 5.74) is 3.14. The van der Waals surface area contributed by atoms with Crippen molar-refractivity contribution in [2.24, 2.45) is 0 Å². The normalized spacial score (nSPS) is 25.8. The van der Waals surface area contributed by atoms with Gasteiger partial charge in [0.05, 0.1) is 10.1 Å². The van der Waals surface area contributed by atoms with Crippen molar-refractivity contribution >= 4 is 9.84 Å². The second kappa shape index (κ2) is 4.67. The first-order valence-electron chi connectivity index (χ1n) is 6.46. The van der Waals surface area contributed by atoms with E-state index in [-0.39, 0.29) is 11.3 Å². The van der Waals surface area contributed by atoms with E-state index in [1.54, 1.807) is 6.92 Å². The second-order valence-electron chi connectivity index (χ2n) is 5.18. The molecule has 1 aromatic rings. The summed E-state index contributed by atoms with van der Waals surface area (Å²) in [4.78, 5) is 0.523. The molecular weight excluding hydrogens is 246 g/mol. The third-order valence-electron chi connectivity index (χ3n) is 3.86. The van der Waals surface area contributed by atoms with Crippen LogP contribution >= 0.6 is 0 Å². The van der Waals surface area contributed by atoms with Crippen LogP contribution in [0, 0.1) is 13.8 Å². The molecule has 0 amide bonds. The van der Waals surface area contributed by atoms with Gasteiger partial charge in [-0.15, -0.1) is 0 Å².